The van der Waals surface area contributed by atoms with Gasteiger partial charge in [-0.2, -0.15) is 0 Å². The molecule has 9 unspecified atom stereocenters. The molecule has 4 aliphatic rings. The van der Waals surface area contributed by atoms with Crippen molar-refractivity contribution in [3.8, 4) is 0 Å². The molecule has 0 aromatic heterocycles. The zero-order valence-electron chi connectivity index (χ0n) is 16.7. The molecule has 4 rings (SSSR count). The van der Waals surface area contributed by atoms with Crippen molar-refractivity contribution in [1.29, 1.82) is 0 Å². The highest BCUT2D eigenvalue weighted by Gasteiger charge is 2.48. The van der Waals surface area contributed by atoms with Crippen LogP contribution in [0.25, 0.3) is 0 Å². The molecule has 0 aromatic rings. The lowest BCUT2D eigenvalue weighted by molar-refractivity contribution is -0.166. The van der Waals surface area contributed by atoms with E-state index in [1.54, 1.807) is 7.11 Å². The molecule has 2 aliphatic carbocycles. The molecular weight excluding hydrogens is 346 g/mol. The molecule has 2 saturated heterocycles. The Kier molecular flexibility index (Phi) is 5.48. The smallest absolute Gasteiger partial charge is 0.306 e. The first-order valence-corrected chi connectivity index (χ1v) is 10.6. The van der Waals surface area contributed by atoms with Crippen molar-refractivity contribution in [1.82, 2.24) is 5.32 Å². The molecule has 0 radical (unpaired) electrons. The minimum atomic E-state index is -0.374. The topological polar surface area (TPSA) is 73.9 Å². The maximum Gasteiger partial charge on any atom is 0.306 e. The van der Waals surface area contributed by atoms with E-state index < -0.39 is 0 Å². The van der Waals surface area contributed by atoms with Gasteiger partial charge in [0, 0.05) is 26.0 Å². The highest BCUT2D eigenvalue weighted by atomic mass is 16.5. The van der Waals surface area contributed by atoms with Crippen LogP contribution in [0.3, 0.4) is 0 Å². The molecule has 6 heteroatoms. The summed E-state index contributed by atoms with van der Waals surface area (Å²) < 4.78 is 17.3. The summed E-state index contributed by atoms with van der Waals surface area (Å²) in [4.78, 5) is 24.7. The van der Waals surface area contributed by atoms with Gasteiger partial charge in [-0.3, -0.25) is 9.59 Å². The highest BCUT2D eigenvalue weighted by Crippen LogP contribution is 2.43. The second-order valence-electron chi connectivity index (χ2n) is 9.18. The van der Waals surface area contributed by atoms with Gasteiger partial charge in [0.15, 0.2) is 0 Å². The molecule has 0 spiro atoms. The molecule has 152 valence electrons. The first-order chi connectivity index (χ1) is 13.0. The van der Waals surface area contributed by atoms with Crippen LogP contribution in [-0.4, -0.2) is 49.4 Å². The Bertz CT molecular complexity index is 581. The number of esters is 1. The van der Waals surface area contributed by atoms with E-state index in [1.807, 2.05) is 0 Å². The van der Waals surface area contributed by atoms with Gasteiger partial charge in [0.1, 0.15) is 12.2 Å². The van der Waals surface area contributed by atoms with Gasteiger partial charge in [0.25, 0.3) is 0 Å². The van der Waals surface area contributed by atoms with E-state index in [0.717, 1.165) is 38.5 Å². The van der Waals surface area contributed by atoms with Crippen LogP contribution in [-0.2, 0) is 23.8 Å². The third kappa shape index (κ3) is 3.75. The van der Waals surface area contributed by atoms with Gasteiger partial charge in [0.2, 0.25) is 5.91 Å². The molecule has 2 saturated carbocycles. The van der Waals surface area contributed by atoms with E-state index in [-0.39, 0.29) is 48.3 Å². The van der Waals surface area contributed by atoms with Gasteiger partial charge in [-0.15, -0.1) is 0 Å². The van der Waals surface area contributed by atoms with Crippen molar-refractivity contribution in [2.45, 2.75) is 89.3 Å². The van der Waals surface area contributed by atoms with E-state index in [4.69, 9.17) is 14.2 Å². The lowest BCUT2D eigenvalue weighted by Crippen LogP contribution is -2.50. The van der Waals surface area contributed by atoms with Crippen molar-refractivity contribution in [3.05, 3.63) is 0 Å². The van der Waals surface area contributed by atoms with Gasteiger partial charge >= 0.3 is 5.97 Å². The summed E-state index contributed by atoms with van der Waals surface area (Å²) in [7, 11) is 1.77. The second kappa shape index (κ2) is 7.70. The van der Waals surface area contributed by atoms with Crippen LogP contribution in [0.4, 0.5) is 0 Å². The van der Waals surface area contributed by atoms with E-state index in [1.165, 1.54) is 0 Å². The zero-order chi connectivity index (χ0) is 19.1. The molecular formula is C21H33NO5. The standard InChI is InChI=1S/C21H33NO5/c1-11-8-19(23)26-18-9-13(4-6-15(11)18)22-21(24)20-12(2)16-10-14(25-3)5-7-17(16)27-20/h11-18,20H,4-10H2,1-3H3,(H,22,24). The average molecular weight is 379 g/mol. The summed E-state index contributed by atoms with van der Waals surface area (Å²) in [5.41, 5.74) is 0. The number of fused-ring (bicyclic) bond motifs is 2. The largest absolute Gasteiger partial charge is 0.462 e. The average Bonchev–Trinajstić information content (AvgIpc) is 2.97. The SMILES string of the molecule is COC1CCC2OC(C(=O)NC3CCC4C(C)CC(=O)OC4C3)C(C)C2C1. The normalized spacial score (nSPS) is 46.9. The summed E-state index contributed by atoms with van der Waals surface area (Å²) >= 11 is 0. The predicted molar refractivity (Wildman–Crippen MR) is 98.9 cm³/mol. The number of methoxy groups -OCH3 is 1. The quantitative estimate of drug-likeness (QED) is 0.763. The molecule has 2 aliphatic heterocycles. The van der Waals surface area contributed by atoms with Crippen LogP contribution in [0.1, 0.15) is 58.8 Å². The van der Waals surface area contributed by atoms with Crippen molar-refractivity contribution >= 4 is 11.9 Å². The first kappa shape index (κ1) is 19.2. The first-order valence-electron chi connectivity index (χ1n) is 10.6. The van der Waals surface area contributed by atoms with Crippen LogP contribution < -0.4 is 5.32 Å². The van der Waals surface area contributed by atoms with Gasteiger partial charge in [-0.1, -0.05) is 13.8 Å². The van der Waals surface area contributed by atoms with Crippen LogP contribution in [0.15, 0.2) is 0 Å². The maximum absolute atomic E-state index is 12.9. The molecule has 9 atom stereocenters. The number of amides is 1. The molecule has 6 nitrogen and oxygen atoms in total. The maximum atomic E-state index is 12.9. The number of hydrogen-bond donors (Lipinski definition) is 1. The Morgan fingerprint density at radius 1 is 1.07 bits per heavy atom. The minimum absolute atomic E-state index is 0.00417. The fourth-order valence-corrected chi connectivity index (χ4v) is 5.90. The van der Waals surface area contributed by atoms with Crippen LogP contribution in [0.5, 0.6) is 0 Å². The number of rotatable bonds is 3. The number of hydrogen-bond acceptors (Lipinski definition) is 5. The summed E-state index contributed by atoms with van der Waals surface area (Å²) in [6, 6.07) is 0.0713. The molecule has 2 heterocycles. The summed E-state index contributed by atoms with van der Waals surface area (Å²) in [6.45, 7) is 4.27. The van der Waals surface area contributed by atoms with E-state index in [0.29, 0.717) is 24.2 Å². The molecule has 4 fully saturated rings. The summed E-state index contributed by atoms with van der Waals surface area (Å²) in [5.74, 6) is 1.33. The second-order valence-corrected chi connectivity index (χ2v) is 9.18. The Morgan fingerprint density at radius 2 is 1.89 bits per heavy atom. The number of nitrogens with one attached hydrogen (secondary N) is 1. The Hall–Kier alpha value is -1.14. The van der Waals surface area contributed by atoms with Crippen molar-refractivity contribution in [2.24, 2.45) is 23.7 Å². The van der Waals surface area contributed by atoms with Crippen LogP contribution >= 0.6 is 0 Å². The summed E-state index contributed by atoms with van der Waals surface area (Å²) in [6.07, 6.45) is 6.21. The lowest BCUT2D eigenvalue weighted by Gasteiger charge is -2.42. The van der Waals surface area contributed by atoms with Gasteiger partial charge in [-0.05, 0) is 55.8 Å². The molecule has 0 bridgehead atoms. The van der Waals surface area contributed by atoms with Gasteiger partial charge < -0.3 is 19.5 Å². The highest BCUT2D eigenvalue weighted by molar-refractivity contribution is 5.81. The third-order valence-corrected chi connectivity index (χ3v) is 7.54. The van der Waals surface area contributed by atoms with E-state index >= 15 is 0 Å². The third-order valence-electron chi connectivity index (χ3n) is 7.54. The van der Waals surface area contributed by atoms with Gasteiger partial charge in [-0.25, -0.2) is 0 Å². The molecule has 1 amide bonds. The molecule has 1 N–H and O–H groups in total. The van der Waals surface area contributed by atoms with Crippen LogP contribution in [0, 0.1) is 23.7 Å². The molecule has 27 heavy (non-hydrogen) atoms. The van der Waals surface area contributed by atoms with Crippen molar-refractivity contribution < 1.29 is 23.8 Å². The number of carbonyl (C=O) groups excluding carboxylic acids is 2. The predicted octanol–water partition coefficient (Wildman–Crippen LogP) is 2.44. The summed E-state index contributed by atoms with van der Waals surface area (Å²) in [5, 5.41) is 3.20. The number of ether oxygens (including phenoxy) is 3. The van der Waals surface area contributed by atoms with Crippen molar-refractivity contribution in [2.75, 3.05) is 7.11 Å². The van der Waals surface area contributed by atoms with E-state index in [9.17, 15) is 9.59 Å². The zero-order valence-corrected chi connectivity index (χ0v) is 16.7. The van der Waals surface area contributed by atoms with Crippen LogP contribution in [0.2, 0.25) is 0 Å². The Balaban J connectivity index is 1.34. The van der Waals surface area contributed by atoms with Gasteiger partial charge in [0.05, 0.1) is 12.2 Å². The van der Waals surface area contributed by atoms with Crippen molar-refractivity contribution in [3.63, 3.8) is 0 Å². The number of carbonyl (C=O) groups is 2. The minimum Gasteiger partial charge on any atom is -0.462 e. The lowest BCUT2D eigenvalue weighted by atomic mass is 9.74. The monoisotopic (exact) mass is 379 g/mol. The Labute approximate surface area is 161 Å². The fraction of sp³-hybridized carbons (Fsp3) is 0.905. The molecule has 0 aromatic carbocycles. The fourth-order valence-electron chi connectivity index (χ4n) is 5.90. The Morgan fingerprint density at radius 3 is 2.67 bits per heavy atom. The van der Waals surface area contributed by atoms with E-state index in [2.05, 4.69) is 19.2 Å².